The minimum Gasteiger partial charge on any atom is -0.490 e. The number of hydrogen-bond acceptors (Lipinski definition) is 2. The maximum atomic E-state index is 5.77. The molecule has 0 aliphatic carbocycles. The van der Waals surface area contributed by atoms with Gasteiger partial charge in [0.25, 0.3) is 0 Å². The molecule has 0 amide bonds. The Balaban J connectivity index is 0.000000720. The first-order chi connectivity index (χ1) is 5.29. The highest BCUT2D eigenvalue weighted by molar-refractivity contribution is 9.10. The highest BCUT2D eigenvalue weighted by Gasteiger charge is 2.21. The normalized spacial score (nSPS) is 19.3. The van der Waals surface area contributed by atoms with Crippen LogP contribution in [0.3, 0.4) is 0 Å². The van der Waals surface area contributed by atoms with E-state index in [1.165, 1.54) is 0 Å². The molecule has 66 valence electrons. The molecule has 0 aromatic heterocycles. The predicted molar refractivity (Wildman–Crippen MR) is 53.8 cm³/mol. The molecule has 4 heteroatoms. The van der Waals surface area contributed by atoms with Crippen LogP contribution in [-0.4, -0.2) is 6.61 Å². The molecule has 1 aliphatic heterocycles. The number of nitrogens with two attached hydrogens (primary N) is 1. The summed E-state index contributed by atoms with van der Waals surface area (Å²) in [4.78, 5) is 0. The molecule has 1 heterocycles. The van der Waals surface area contributed by atoms with Gasteiger partial charge in [0.1, 0.15) is 12.4 Å². The standard InChI is InChI=1S/C8H8BrNO.ClH/c9-6-3-1-2-5-7(10)4-11-8(5)6;/h1-3,7H,4,10H2;1H/t7-;/m1./s1. The highest BCUT2D eigenvalue weighted by atomic mass is 79.9. The molecule has 0 radical (unpaired) electrons. The molecule has 12 heavy (non-hydrogen) atoms. The van der Waals surface area contributed by atoms with Crippen molar-refractivity contribution in [1.29, 1.82) is 0 Å². The van der Waals surface area contributed by atoms with E-state index in [0.717, 1.165) is 15.8 Å². The van der Waals surface area contributed by atoms with E-state index in [0.29, 0.717) is 6.61 Å². The molecule has 2 rings (SSSR count). The van der Waals surface area contributed by atoms with Gasteiger partial charge in [-0.2, -0.15) is 0 Å². The summed E-state index contributed by atoms with van der Waals surface area (Å²) >= 11 is 3.39. The van der Waals surface area contributed by atoms with Crippen molar-refractivity contribution in [2.75, 3.05) is 6.61 Å². The van der Waals surface area contributed by atoms with E-state index in [9.17, 15) is 0 Å². The zero-order valence-electron chi connectivity index (χ0n) is 6.29. The Hall–Kier alpha value is -0.250. The molecule has 0 saturated carbocycles. The van der Waals surface area contributed by atoms with Gasteiger partial charge < -0.3 is 10.5 Å². The van der Waals surface area contributed by atoms with Gasteiger partial charge in [0.05, 0.1) is 10.5 Å². The van der Waals surface area contributed by atoms with E-state index >= 15 is 0 Å². The zero-order chi connectivity index (χ0) is 7.84. The van der Waals surface area contributed by atoms with Crippen LogP contribution in [0, 0.1) is 0 Å². The van der Waals surface area contributed by atoms with Crippen molar-refractivity contribution in [3.63, 3.8) is 0 Å². The molecule has 0 fully saturated rings. The monoisotopic (exact) mass is 249 g/mol. The van der Waals surface area contributed by atoms with Crippen LogP contribution >= 0.6 is 28.3 Å². The van der Waals surface area contributed by atoms with Gasteiger partial charge >= 0.3 is 0 Å². The van der Waals surface area contributed by atoms with E-state index in [1.54, 1.807) is 0 Å². The number of fused-ring (bicyclic) bond motifs is 1. The SMILES string of the molecule is Cl.N[C@@H]1COc2c(Br)cccc21. The van der Waals surface area contributed by atoms with Gasteiger partial charge in [-0.05, 0) is 22.0 Å². The smallest absolute Gasteiger partial charge is 0.138 e. The van der Waals surface area contributed by atoms with E-state index in [4.69, 9.17) is 10.5 Å². The molecule has 0 bridgehead atoms. The second kappa shape index (κ2) is 3.64. The summed E-state index contributed by atoms with van der Waals surface area (Å²) in [5.74, 6) is 0.903. The van der Waals surface area contributed by atoms with Gasteiger partial charge in [0.15, 0.2) is 0 Å². The van der Waals surface area contributed by atoms with E-state index < -0.39 is 0 Å². The first kappa shape index (κ1) is 9.84. The Bertz CT molecular complexity index is 292. The first-order valence-corrected chi connectivity index (χ1v) is 4.25. The summed E-state index contributed by atoms with van der Waals surface area (Å²) < 4.78 is 6.36. The van der Waals surface area contributed by atoms with Crippen molar-refractivity contribution in [3.8, 4) is 5.75 Å². The number of rotatable bonds is 0. The third kappa shape index (κ3) is 1.44. The van der Waals surface area contributed by atoms with Gasteiger partial charge in [-0.15, -0.1) is 12.4 Å². The molecular weight excluding hydrogens is 241 g/mol. The maximum absolute atomic E-state index is 5.77. The molecule has 1 aromatic carbocycles. The van der Waals surface area contributed by atoms with Crippen molar-refractivity contribution in [2.45, 2.75) is 6.04 Å². The summed E-state index contributed by atoms with van der Waals surface area (Å²) in [6, 6.07) is 5.97. The van der Waals surface area contributed by atoms with Gasteiger partial charge in [-0.3, -0.25) is 0 Å². The maximum Gasteiger partial charge on any atom is 0.138 e. The van der Waals surface area contributed by atoms with Crippen LogP contribution in [0.25, 0.3) is 0 Å². The Morgan fingerprint density at radius 1 is 1.50 bits per heavy atom. The Morgan fingerprint density at radius 3 is 2.92 bits per heavy atom. The Morgan fingerprint density at radius 2 is 2.25 bits per heavy atom. The lowest BCUT2D eigenvalue weighted by Crippen LogP contribution is -2.10. The lowest BCUT2D eigenvalue weighted by Gasteiger charge is -2.00. The quantitative estimate of drug-likeness (QED) is 0.767. The summed E-state index contributed by atoms with van der Waals surface area (Å²) in [5.41, 5.74) is 6.87. The molecule has 1 atom stereocenters. The number of halogens is 2. The van der Waals surface area contributed by atoms with Crippen LogP contribution in [0.4, 0.5) is 0 Å². The summed E-state index contributed by atoms with van der Waals surface area (Å²) in [5, 5.41) is 0. The summed E-state index contributed by atoms with van der Waals surface area (Å²) in [7, 11) is 0. The van der Waals surface area contributed by atoms with E-state index in [2.05, 4.69) is 15.9 Å². The molecule has 0 saturated heterocycles. The third-order valence-corrected chi connectivity index (χ3v) is 2.43. The van der Waals surface area contributed by atoms with E-state index in [1.807, 2.05) is 18.2 Å². The van der Waals surface area contributed by atoms with Gasteiger partial charge in [0, 0.05) is 5.56 Å². The molecule has 0 spiro atoms. The fourth-order valence-electron chi connectivity index (χ4n) is 1.23. The largest absolute Gasteiger partial charge is 0.490 e. The van der Waals surface area contributed by atoms with Crippen LogP contribution in [0.5, 0.6) is 5.75 Å². The second-order valence-electron chi connectivity index (χ2n) is 2.58. The number of benzene rings is 1. The fourth-order valence-corrected chi connectivity index (χ4v) is 1.73. The van der Waals surface area contributed by atoms with Crippen molar-refractivity contribution < 1.29 is 4.74 Å². The molecule has 0 unspecified atom stereocenters. The minimum absolute atomic E-state index is 0. The van der Waals surface area contributed by atoms with Crippen molar-refractivity contribution in [1.82, 2.24) is 0 Å². The van der Waals surface area contributed by atoms with Gasteiger partial charge in [-0.25, -0.2) is 0 Å². The van der Waals surface area contributed by atoms with Crippen molar-refractivity contribution in [3.05, 3.63) is 28.2 Å². The number of hydrogen-bond donors (Lipinski definition) is 1. The Kier molecular flexibility index (Phi) is 2.99. The van der Waals surface area contributed by atoms with Gasteiger partial charge in [0.2, 0.25) is 0 Å². The van der Waals surface area contributed by atoms with Crippen LogP contribution in [-0.2, 0) is 0 Å². The number of para-hydroxylation sites is 1. The molecule has 1 aromatic rings. The molecular formula is C8H9BrClNO. The average Bonchev–Trinajstić information content (AvgIpc) is 2.35. The van der Waals surface area contributed by atoms with Crippen LogP contribution in [0.2, 0.25) is 0 Å². The van der Waals surface area contributed by atoms with Crippen molar-refractivity contribution in [2.24, 2.45) is 5.73 Å². The predicted octanol–water partition coefficient (Wildman–Crippen LogP) is 2.26. The summed E-state index contributed by atoms with van der Waals surface area (Å²) in [6.45, 7) is 0.595. The lowest BCUT2D eigenvalue weighted by molar-refractivity contribution is 0.331. The van der Waals surface area contributed by atoms with Crippen LogP contribution in [0.15, 0.2) is 22.7 Å². The second-order valence-corrected chi connectivity index (χ2v) is 3.43. The molecule has 2 N–H and O–H groups in total. The van der Waals surface area contributed by atoms with Crippen molar-refractivity contribution >= 4 is 28.3 Å². The van der Waals surface area contributed by atoms with Crippen LogP contribution in [0.1, 0.15) is 11.6 Å². The molecule has 1 aliphatic rings. The first-order valence-electron chi connectivity index (χ1n) is 3.46. The number of ether oxygens (including phenoxy) is 1. The molecule has 2 nitrogen and oxygen atoms in total. The third-order valence-electron chi connectivity index (χ3n) is 1.80. The Labute approximate surface area is 85.6 Å². The van der Waals surface area contributed by atoms with Gasteiger partial charge in [-0.1, -0.05) is 12.1 Å². The topological polar surface area (TPSA) is 35.2 Å². The zero-order valence-corrected chi connectivity index (χ0v) is 8.69. The lowest BCUT2D eigenvalue weighted by atomic mass is 10.1. The van der Waals surface area contributed by atoms with Crippen LogP contribution < -0.4 is 10.5 Å². The highest BCUT2D eigenvalue weighted by Crippen LogP contribution is 2.36. The summed E-state index contributed by atoms with van der Waals surface area (Å²) in [6.07, 6.45) is 0. The van der Waals surface area contributed by atoms with E-state index in [-0.39, 0.29) is 18.4 Å². The average molecular weight is 251 g/mol. The minimum atomic E-state index is 0. The fraction of sp³-hybridized carbons (Fsp3) is 0.250.